The molecule has 6 heteroatoms. The minimum absolute atomic E-state index is 0.0195. The Labute approximate surface area is 135 Å². The van der Waals surface area contributed by atoms with Crippen LogP contribution in [-0.4, -0.2) is 38.5 Å². The number of carbonyl (C=O) groups is 1. The Hall–Kier alpha value is -2.11. The van der Waals surface area contributed by atoms with Crippen molar-refractivity contribution in [2.75, 3.05) is 13.1 Å². The highest BCUT2D eigenvalue weighted by Crippen LogP contribution is 2.27. The molecule has 3 heterocycles. The summed E-state index contributed by atoms with van der Waals surface area (Å²) in [7, 11) is 0. The maximum absolute atomic E-state index is 12.3. The predicted molar refractivity (Wildman–Crippen MR) is 88.7 cm³/mol. The van der Waals surface area contributed by atoms with Crippen LogP contribution in [0.2, 0.25) is 0 Å². The maximum Gasteiger partial charge on any atom is 0.275 e. The fraction of sp³-hybridized carbons (Fsp3) is 0.588. The van der Waals surface area contributed by atoms with E-state index in [0.29, 0.717) is 17.8 Å². The molecule has 0 spiro atoms. The summed E-state index contributed by atoms with van der Waals surface area (Å²) >= 11 is 0. The number of hydrogen-bond donors (Lipinski definition) is 1. The van der Waals surface area contributed by atoms with Crippen molar-refractivity contribution in [1.82, 2.24) is 19.5 Å². The van der Waals surface area contributed by atoms with Gasteiger partial charge in [-0.1, -0.05) is 13.8 Å². The van der Waals surface area contributed by atoms with E-state index in [9.17, 15) is 9.59 Å². The van der Waals surface area contributed by atoms with E-state index >= 15 is 0 Å². The molecule has 1 saturated heterocycles. The van der Waals surface area contributed by atoms with Gasteiger partial charge in [0.25, 0.3) is 5.56 Å². The zero-order valence-corrected chi connectivity index (χ0v) is 14.2. The molecule has 1 atom stereocenters. The lowest BCUT2D eigenvalue weighted by molar-refractivity contribution is -0.135. The maximum atomic E-state index is 12.3. The van der Waals surface area contributed by atoms with Gasteiger partial charge in [0.1, 0.15) is 0 Å². The number of likely N-dealkylation sites (tertiary alicyclic amines) is 1. The van der Waals surface area contributed by atoms with Crippen LogP contribution < -0.4 is 5.56 Å². The summed E-state index contributed by atoms with van der Waals surface area (Å²) in [5.74, 6) is 0.451. The molecular formula is C17H24N4O2. The van der Waals surface area contributed by atoms with E-state index in [1.807, 2.05) is 31.7 Å². The van der Waals surface area contributed by atoms with Crippen molar-refractivity contribution in [2.45, 2.75) is 46.5 Å². The van der Waals surface area contributed by atoms with E-state index in [2.05, 4.69) is 10.1 Å². The third-order valence-electron chi connectivity index (χ3n) is 4.77. The van der Waals surface area contributed by atoms with E-state index in [1.165, 1.54) is 4.52 Å². The monoisotopic (exact) mass is 316 g/mol. The molecule has 1 fully saturated rings. The molecule has 0 radical (unpaired) electrons. The Morgan fingerprint density at radius 2 is 2.13 bits per heavy atom. The summed E-state index contributed by atoms with van der Waals surface area (Å²) in [6, 6.07) is 1.95. The van der Waals surface area contributed by atoms with Crippen LogP contribution in [0.1, 0.15) is 49.6 Å². The van der Waals surface area contributed by atoms with Crippen LogP contribution in [0, 0.1) is 19.8 Å². The number of amides is 1. The lowest BCUT2D eigenvalue weighted by Crippen LogP contribution is -2.41. The summed E-state index contributed by atoms with van der Waals surface area (Å²) < 4.78 is 1.51. The van der Waals surface area contributed by atoms with E-state index < -0.39 is 0 Å². The summed E-state index contributed by atoms with van der Waals surface area (Å²) in [6.45, 7) is 9.04. The van der Waals surface area contributed by atoms with Crippen molar-refractivity contribution < 1.29 is 4.79 Å². The fourth-order valence-electron chi connectivity index (χ4n) is 3.24. The van der Waals surface area contributed by atoms with Crippen molar-refractivity contribution in [2.24, 2.45) is 5.92 Å². The van der Waals surface area contributed by atoms with Gasteiger partial charge in [-0.15, -0.1) is 0 Å². The van der Waals surface area contributed by atoms with Gasteiger partial charge in [0.05, 0.1) is 0 Å². The van der Waals surface area contributed by atoms with Crippen molar-refractivity contribution in [3.05, 3.63) is 33.4 Å². The van der Waals surface area contributed by atoms with Crippen LogP contribution in [0.3, 0.4) is 0 Å². The Morgan fingerprint density at radius 3 is 2.83 bits per heavy atom. The first-order chi connectivity index (χ1) is 10.9. The second-order valence-electron chi connectivity index (χ2n) is 6.81. The lowest BCUT2D eigenvalue weighted by Gasteiger charge is -2.33. The number of aromatic nitrogens is 3. The average Bonchev–Trinajstić information content (AvgIpc) is 2.96. The summed E-state index contributed by atoms with van der Waals surface area (Å²) in [6.07, 6.45) is 2.00. The molecule has 6 nitrogen and oxygen atoms in total. The van der Waals surface area contributed by atoms with Gasteiger partial charge >= 0.3 is 0 Å². The van der Waals surface area contributed by atoms with E-state index in [0.717, 1.165) is 30.8 Å². The molecule has 0 aliphatic carbocycles. The molecule has 1 N–H and O–H groups in total. The van der Waals surface area contributed by atoms with Crippen LogP contribution in [0.25, 0.3) is 5.65 Å². The Morgan fingerprint density at radius 1 is 1.39 bits per heavy atom. The molecule has 1 aliphatic rings. The summed E-state index contributed by atoms with van der Waals surface area (Å²) in [5, 5.41) is 3.19. The third kappa shape index (κ3) is 2.78. The summed E-state index contributed by atoms with van der Waals surface area (Å²) in [4.78, 5) is 31.0. The number of rotatable bonds is 2. The Balaban J connectivity index is 1.92. The van der Waals surface area contributed by atoms with Gasteiger partial charge in [-0.05, 0) is 26.7 Å². The highest BCUT2D eigenvalue weighted by atomic mass is 16.2. The molecule has 3 rings (SSSR count). The number of nitrogens with zero attached hydrogens (tertiary/aromatic N) is 3. The molecule has 23 heavy (non-hydrogen) atoms. The molecule has 1 amide bonds. The van der Waals surface area contributed by atoms with E-state index in [-0.39, 0.29) is 23.3 Å². The second-order valence-corrected chi connectivity index (χ2v) is 6.81. The molecule has 1 aliphatic heterocycles. The minimum Gasteiger partial charge on any atom is -0.342 e. The van der Waals surface area contributed by atoms with Crippen molar-refractivity contribution in [1.29, 1.82) is 0 Å². The highest BCUT2D eigenvalue weighted by Gasteiger charge is 2.27. The van der Waals surface area contributed by atoms with E-state index in [4.69, 9.17) is 0 Å². The normalized spacial score (nSPS) is 18.8. The fourth-order valence-corrected chi connectivity index (χ4v) is 3.24. The topological polar surface area (TPSA) is 70.5 Å². The van der Waals surface area contributed by atoms with Crippen LogP contribution >= 0.6 is 0 Å². The average molecular weight is 316 g/mol. The van der Waals surface area contributed by atoms with Crippen molar-refractivity contribution >= 4 is 11.6 Å². The first kappa shape index (κ1) is 15.8. The lowest BCUT2D eigenvalue weighted by atomic mass is 9.94. The van der Waals surface area contributed by atoms with Crippen LogP contribution in [0.4, 0.5) is 0 Å². The van der Waals surface area contributed by atoms with Gasteiger partial charge in [0.15, 0.2) is 5.65 Å². The second kappa shape index (κ2) is 5.83. The predicted octanol–water partition coefficient (Wildman–Crippen LogP) is 2.00. The van der Waals surface area contributed by atoms with Crippen molar-refractivity contribution in [3.63, 3.8) is 0 Å². The zero-order valence-electron chi connectivity index (χ0n) is 14.2. The zero-order chi connectivity index (χ0) is 16.7. The van der Waals surface area contributed by atoms with Crippen LogP contribution in [-0.2, 0) is 4.79 Å². The van der Waals surface area contributed by atoms with Crippen LogP contribution in [0.15, 0.2) is 10.9 Å². The van der Waals surface area contributed by atoms with E-state index in [1.54, 1.807) is 6.92 Å². The number of H-pyrrole nitrogens is 1. The molecule has 2 aromatic heterocycles. The van der Waals surface area contributed by atoms with Gasteiger partial charge in [0, 0.05) is 47.9 Å². The number of piperidine rings is 1. The molecule has 124 valence electrons. The number of fused-ring (bicyclic) bond motifs is 1. The Kier molecular flexibility index (Phi) is 4.00. The standard InChI is InChI=1S/C17H24N4O2/c1-10(2)16(22)20-7-5-6-13(9-20)14-8-15-18-12(4)11(3)17(23)21(15)19-14/h8,10,13,19H,5-7,9H2,1-4H3. The number of aromatic amines is 1. The molecule has 0 saturated carbocycles. The first-order valence-electron chi connectivity index (χ1n) is 8.26. The highest BCUT2D eigenvalue weighted by molar-refractivity contribution is 5.78. The minimum atomic E-state index is -0.0512. The number of nitrogens with one attached hydrogen (secondary N) is 1. The molecule has 2 aromatic rings. The molecule has 0 aromatic carbocycles. The van der Waals surface area contributed by atoms with Gasteiger partial charge in [-0.3, -0.25) is 14.7 Å². The third-order valence-corrected chi connectivity index (χ3v) is 4.77. The molecule has 0 bridgehead atoms. The van der Waals surface area contributed by atoms with Gasteiger partial charge in [0.2, 0.25) is 5.91 Å². The first-order valence-corrected chi connectivity index (χ1v) is 8.26. The quantitative estimate of drug-likeness (QED) is 0.921. The van der Waals surface area contributed by atoms with Gasteiger partial charge < -0.3 is 4.90 Å². The molecule has 1 unspecified atom stereocenters. The van der Waals surface area contributed by atoms with Gasteiger partial charge in [-0.25, -0.2) is 9.50 Å². The number of hydrogen-bond acceptors (Lipinski definition) is 3. The van der Waals surface area contributed by atoms with Gasteiger partial charge in [-0.2, -0.15) is 0 Å². The Bertz CT molecular complexity index is 803. The SMILES string of the molecule is Cc1nc2cc(C3CCCN(C(=O)C(C)C)C3)[nH]n2c(=O)c1C. The summed E-state index contributed by atoms with van der Waals surface area (Å²) in [5.41, 5.74) is 3.02. The smallest absolute Gasteiger partial charge is 0.275 e. The number of aryl methyl sites for hydroxylation is 1. The number of carbonyl (C=O) groups excluding carboxylic acids is 1. The van der Waals surface area contributed by atoms with Crippen LogP contribution in [0.5, 0.6) is 0 Å². The molecular weight excluding hydrogens is 292 g/mol. The van der Waals surface area contributed by atoms with Crippen molar-refractivity contribution in [3.8, 4) is 0 Å². The largest absolute Gasteiger partial charge is 0.342 e.